The Kier molecular flexibility index (Phi) is 4.73. The summed E-state index contributed by atoms with van der Waals surface area (Å²) in [6.45, 7) is 2.97. The lowest BCUT2D eigenvalue weighted by Crippen LogP contribution is -2.41. The standard InChI is InChI=1S/C12H16F2N4O2S/c1-8-7-16-12(18-8)15-4-5-17-21(19,20)11-3-2-9(13)6-10(11)14/h2-3,6,8,17H,4-5,7H2,1H3,(H2,15,16,18). The van der Waals surface area contributed by atoms with Gasteiger partial charge < -0.3 is 10.6 Å². The van der Waals surface area contributed by atoms with Crippen LogP contribution in [-0.4, -0.2) is 40.1 Å². The quantitative estimate of drug-likeness (QED) is 0.677. The van der Waals surface area contributed by atoms with E-state index in [1.54, 1.807) is 0 Å². The van der Waals surface area contributed by atoms with Crippen molar-refractivity contribution in [3.8, 4) is 0 Å². The SMILES string of the molecule is CC1CN=C(NCCNS(=O)(=O)c2ccc(F)cc2F)N1. The van der Waals surface area contributed by atoms with Gasteiger partial charge in [-0.15, -0.1) is 0 Å². The van der Waals surface area contributed by atoms with Gasteiger partial charge in [0, 0.05) is 25.2 Å². The third-order valence-corrected chi connectivity index (χ3v) is 4.29. The van der Waals surface area contributed by atoms with Crippen molar-refractivity contribution in [2.75, 3.05) is 19.6 Å². The van der Waals surface area contributed by atoms with Crippen molar-refractivity contribution >= 4 is 16.0 Å². The smallest absolute Gasteiger partial charge is 0.243 e. The average Bonchev–Trinajstić information content (AvgIpc) is 2.80. The maximum absolute atomic E-state index is 13.4. The molecule has 0 saturated carbocycles. The van der Waals surface area contributed by atoms with E-state index < -0.39 is 26.6 Å². The maximum Gasteiger partial charge on any atom is 0.243 e. The van der Waals surface area contributed by atoms with E-state index in [1.165, 1.54) is 0 Å². The van der Waals surface area contributed by atoms with Crippen molar-refractivity contribution < 1.29 is 17.2 Å². The van der Waals surface area contributed by atoms with Crippen molar-refractivity contribution in [2.24, 2.45) is 4.99 Å². The molecule has 1 aliphatic rings. The molecular weight excluding hydrogens is 302 g/mol. The average molecular weight is 318 g/mol. The molecule has 0 fully saturated rings. The second-order valence-electron chi connectivity index (χ2n) is 4.63. The lowest BCUT2D eigenvalue weighted by Gasteiger charge is -2.10. The molecule has 0 aliphatic carbocycles. The predicted octanol–water partition coefficient (Wildman–Crippen LogP) is 0.180. The van der Waals surface area contributed by atoms with E-state index in [9.17, 15) is 17.2 Å². The highest BCUT2D eigenvalue weighted by atomic mass is 32.2. The summed E-state index contributed by atoms with van der Waals surface area (Å²) >= 11 is 0. The first kappa shape index (κ1) is 15.6. The highest BCUT2D eigenvalue weighted by molar-refractivity contribution is 7.89. The maximum atomic E-state index is 13.4. The number of nitrogens with zero attached hydrogens (tertiary/aromatic N) is 1. The van der Waals surface area contributed by atoms with Gasteiger partial charge >= 0.3 is 0 Å². The second-order valence-corrected chi connectivity index (χ2v) is 6.37. The van der Waals surface area contributed by atoms with Crippen LogP contribution in [0.1, 0.15) is 6.92 Å². The van der Waals surface area contributed by atoms with Gasteiger partial charge in [0.25, 0.3) is 0 Å². The van der Waals surface area contributed by atoms with Gasteiger partial charge in [-0.25, -0.2) is 21.9 Å². The molecule has 116 valence electrons. The Bertz CT molecular complexity index is 649. The second kappa shape index (κ2) is 6.35. The summed E-state index contributed by atoms with van der Waals surface area (Å²) in [6, 6.07) is 2.57. The van der Waals surface area contributed by atoms with E-state index in [0.29, 0.717) is 25.1 Å². The van der Waals surface area contributed by atoms with E-state index in [1.807, 2.05) is 6.92 Å². The number of hydrogen-bond acceptors (Lipinski definition) is 5. The van der Waals surface area contributed by atoms with Crippen LogP contribution < -0.4 is 15.4 Å². The zero-order chi connectivity index (χ0) is 15.5. The molecule has 2 rings (SSSR count). The number of nitrogens with one attached hydrogen (secondary N) is 3. The van der Waals surface area contributed by atoms with Crippen molar-refractivity contribution in [3.05, 3.63) is 29.8 Å². The molecule has 3 N–H and O–H groups in total. The highest BCUT2D eigenvalue weighted by Crippen LogP contribution is 2.14. The first-order chi connectivity index (χ1) is 9.88. The van der Waals surface area contributed by atoms with Crippen LogP contribution in [0.3, 0.4) is 0 Å². The predicted molar refractivity (Wildman–Crippen MR) is 74.4 cm³/mol. The van der Waals surface area contributed by atoms with Crippen LogP contribution in [0.2, 0.25) is 0 Å². The minimum atomic E-state index is -4.01. The van der Waals surface area contributed by atoms with Crippen molar-refractivity contribution in [1.29, 1.82) is 0 Å². The van der Waals surface area contributed by atoms with Crippen LogP contribution in [0.4, 0.5) is 8.78 Å². The summed E-state index contributed by atoms with van der Waals surface area (Å²) in [6.07, 6.45) is 0. The number of rotatable bonds is 5. The van der Waals surface area contributed by atoms with Gasteiger partial charge in [-0.2, -0.15) is 0 Å². The third kappa shape index (κ3) is 4.11. The number of guanidine groups is 1. The lowest BCUT2D eigenvalue weighted by molar-refractivity contribution is 0.543. The first-order valence-corrected chi connectivity index (χ1v) is 7.86. The Hall–Kier alpha value is -1.74. The van der Waals surface area contributed by atoms with Gasteiger partial charge in [0.2, 0.25) is 10.0 Å². The van der Waals surface area contributed by atoms with Crippen LogP contribution in [0, 0.1) is 11.6 Å². The molecule has 0 amide bonds. The van der Waals surface area contributed by atoms with Gasteiger partial charge in [-0.3, -0.25) is 4.99 Å². The molecule has 0 aromatic heterocycles. The topological polar surface area (TPSA) is 82.6 Å². The Balaban J connectivity index is 1.87. The number of benzene rings is 1. The molecular formula is C12H16F2N4O2S. The van der Waals surface area contributed by atoms with Crippen LogP contribution in [0.15, 0.2) is 28.1 Å². The molecule has 0 radical (unpaired) electrons. The zero-order valence-corrected chi connectivity index (χ0v) is 12.2. The van der Waals surface area contributed by atoms with E-state index in [0.717, 1.165) is 12.1 Å². The van der Waals surface area contributed by atoms with Gasteiger partial charge in [0.05, 0.1) is 6.54 Å². The minimum absolute atomic E-state index is 0.0498. The molecule has 1 aromatic carbocycles. The summed E-state index contributed by atoms with van der Waals surface area (Å²) in [5.41, 5.74) is 0. The van der Waals surface area contributed by atoms with E-state index in [2.05, 4.69) is 20.3 Å². The van der Waals surface area contributed by atoms with Crippen molar-refractivity contribution in [2.45, 2.75) is 17.9 Å². The van der Waals surface area contributed by atoms with Gasteiger partial charge in [-0.1, -0.05) is 0 Å². The summed E-state index contributed by atoms with van der Waals surface area (Å²) in [5, 5.41) is 5.98. The van der Waals surface area contributed by atoms with Crippen LogP contribution in [0.25, 0.3) is 0 Å². The molecule has 0 spiro atoms. The van der Waals surface area contributed by atoms with Gasteiger partial charge in [0.1, 0.15) is 16.5 Å². The Labute approximate surface area is 121 Å². The fourth-order valence-corrected chi connectivity index (χ4v) is 2.89. The number of halogens is 2. The normalized spacial score (nSPS) is 18.2. The highest BCUT2D eigenvalue weighted by Gasteiger charge is 2.19. The third-order valence-electron chi connectivity index (χ3n) is 2.80. The fraction of sp³-hybridized carbons (Fsp3) is 0.417. The summed E-state index contributed by atoms with van der Waals surface area (Å²) in [4.78, 5) is 3.57. The number of sulfonamides is 1. The van der Waals surface area contributed by atoms with Crippen LogP contribution in [0.5, 0.6) is 0 Å². The fourth-order valence-electron chi connectivity index (χ4n) is 1.80. The molecule has 1 aromatic rings. The van der Waals surface area contributed by atoms with Crippen molar-refractivity contribution in [3.63, 3.8) is 0 Å². The minimum Gasteiger partial charge on any atom is -0.355 e. The van der Waals surface area contributed by atoms with Gasteiger partial charge in [0.15, 0.2) is 5.96 Å². The molecule has 0 bridgehead atoms. The molecule has 1 unspecified atom stereocenters. The molecule has 0 saturated heterocycles. The van der Waals surface area contributed by atoms with E-state index >= 15 is 0 Å². The Morgan fingerprint density at radius 1 is 1.38 bits per heavy atom. The first-order valence-electron chi connectivity index (χ1n) is 6.38. The Morgan fingerprint density at radius 2 is 2.14 bits per heavy atom. The Morgan fingerprint density at radius 3 is 2.76 bits per heavy atom. The van der Waals surface area contributed by atoms with E-state index in [-0.39, 0.29) is 12.6 Å². The van der Waals surface area contributed by atoms with Crippen LogP contribution in [-0.2, 0) is 10.0 Å². The zero-order valence-electron chi connectivity index (χ0n) is 11.4. The number of hydrogen-bond donors (Lipinski definition) is 3. The van der Waals surface area contributed by atoms with Crippen LogP contribution >= 0.6 is 0 Å². The number of aliphatic imine (C=N–C) groups is 1. The molecule has 6 nitrogen and oxygen atoms in total. The summed E-state index contributed by atoms with van der Waals surface area (Å²) in [7, 11) is -4.01. The molecule has 9 heteroatoms. The largest absolute Gasteiger partial charge is 0.355 e. The molecule has 1 atom stereocenters. The molecule has 21 heavy (non-hydrogen) atoms. The van der Waals surface area contributed by atoms with E-state index in [4.69, 9.17) is 0 Å². The van der Waals surface area contributed by atoms with Crippen molar-refractivity contribution in [1.82, 2.24) is 15.4 Å². The monoisotopic (exact) mass is 318 g/mol. The summed E-state index contributed by atoms with van der Waals surface area (Å²) in [5.74, 6) is -1.34. The lowest BCUT2D eigenvalue weighted by atomic mass is 10.3. The summed E-state index contributed by atoms with van der Waals surface area (Å²) < 4.78 is 52.2. The molecule has 1 heterocycles. The molecule has 1 aliphatic heterocycles. The van der Waals surface area contributed by atoms with Gasteiger partial charge in [-0.05, 0) is 19.1 Å².